The Morgan fingerprint density at radius 2 is 2.50 bits per heavy atom. The van der Waals surface area contributed by atoms with Gasteiger partial charge in [0.15, 0.2) is 0 Å². The van der Waals surface area contributed by atoms with Crippen LogP contribution in [0.15, 0.2) is 6.20 Å². The molecule has 1 heterocycles. The number of carboxylic acids is 1. The number of nitrogens with zero attached hydrogens (tertiary/aromatic N) is 2. The van der Waals surface area contributed by atoms with Gasteiger partial charge < -0.3 is 5.11 Å². The van der Waals surface area contributed by atoms with Gasteiger partial charge in [-0.25, -0.2) is 0 Å². The number of aryl methyl sites for hydroxylation is 2. The molecule has 1 aromatic rings. The minimum atomic E-state index is -0.824. The topological polar surface area (TPSA) is 55.1 Å². The molecule has 1 rings (SSSR count). The first-order valence-electron chi connectivity index (χ1n) is 3.49. The molecule has 66 valence electrons. The minimum Gasteiger partial charge on any atom is -0.481 e. The van der Waals surface area contributed by atoms with Gasteiger partial charge in [0.1, 0.15) is 5.15 Å². The monoisotopic (exact) mass is 188 g/mol. The summed E-state index contributed by atoms with van der Waals surface area (Å²) in [5.41, 5.74) is 0.779. The zero-order chi connectivity index (χ0) is 9.14. The molecule has 0 aromatic carbocycles. The summed E-state index contributed by atoms with van der Waals surface area (Å²) in [5, 5.41) is 12.8. The van der Waals surface area contributed by atoms with Crippen LogP contribution in [0.2, 0.25) is 5.15 Å². The van der Waals surface area contributed by atoms with Crippen molar-refractivity contribution in [2.75, 3.05) is 0 Å². The SMILES string of the molecule is Cn1ncc(CCC(=O)O)c1Cl. The van der Waals surface area contributed by atoms with E-state index >= 15 is 0 Å². The number of rotatable bonds is 3. The largest absolute Gasteiger partial charge is 0.481 e. The molecule has 0 fully saturated rings. The Morgan fingerprint density at radius 1 is 1.83 bits per heavy atom. The van der Waals surface area contributed by atoms with Crippen molar-refractivity contribution in [3.63, 3.8) is 0 Å². The molecule has 0 amide bonds. The standard InChI is InChI=1S/C7H9ClN2O2/c1-10-7(8)5(4-9-10)2-3-6(11)12/h4H,2-3H2,1H3,(H,11,12). The van der Waals surface area contributed by atoms with E-state index in [9.17, 15) is 4.79 Å². The van der Waals surface area contributed by atoms with Gasteiger partial charge in [-0.1, -0.05) is 11.6 Å². The normalized spacial score (nSPS) is 10.2. The first-order valence-corrected chi connectivity index (χ1v) is 3.87. The second kappa shape index (κ2) is 3.58. The third kappa shape index (κ3) is 1.98. The van der Waals surface area contributed by atoms with Gasteiger partial charge in [-0.3, -0.25) is 9.48 Å². The van der Waals surface area contributed by atoms with Crippen molar-refractivity contribution in [2.24, 2.45) is 7.05 Å². The number of hydrogen-bond donors (Lipinski definition) is 1. The van der Waals surface area contributed by atoms with E-state index < -0.39 is 5.97 Å². The maximum absolute atomic E-state index is 10.2. The van der Waals surface area contributed by atoms with E-state index in [2.05, 4.69) is 5.10 Å². The molecule has 0 saturated carbocycles. The average Bonchev–Trinajstić information content (AvgIpc) is 2.30. The Balaban J connectivity index is 2.63. The molecular formula is C7H9ClN2O2. The molecule has 0 atom stereocenters. The van der Waals surface area contributed by atoms with Gasteiger partial charge in [-0.15, -0.1) is 0 Å². The van der Waals surface area contributed by atoms with Crippen LogP contribution in [0.3, 0.4) is 0 Å². The molecule has 0 bridgehead atoms. The van der Waals surface area contributed by atoms with Crippen LogP contribution in [-0.4, -0.2) is 20.9 Å². The first-order chi connectivity index (χ1) is 5.61. The number of halogens is 1. The van der Waals surface area contributed by atoms with Crippen LogP contribution in [0.5, 0.6) is 0 Å². The number of aliphatic carboxylic acids is 1. The maximum Gasteiger partial charge on any atom is 0.303 e. The molecule has 0 radical (unpaired) electrons. The van der Waals surface area contributed by atoms with Gasteiger partial charge in [0, 0.05) is 19.0 Å². The number of carboxylic acid groups (broad SMARTS) is 1. The van der Waals surface area contributed by atoms with Crippen molar-refractivity contribution in [3.8, 4) is 0 Å². The summed E-state index contributed by atoms with van der Waals surface area (Å²) >= 11 is 5.80. The van der Waals surface area contributed by atoms with Crippen LogP contribution < -0.4 is 0 Å². The van der Waals surface area contributed by atoms with Crippen molar-refractivity contribution in [3.05, 3.63) is 16.9 Å². The molecule has 0 aliphatic carbocycles. The Kier molecular flexibility index (Phi) is 2.70. The van der Waals surface area contributed by atoms with Crippen molar-refractivity contribution in [2.45, 2.75) is 12.8 Å². The van der Waals surface area contributed by atoms with Gasteiger partial charge in [0.2, 0.25) is 0 Å². The highest BCUT2D eigenvalue weighted by Gasteiger charge is 2.06. The van der Waals surface area contributed by atoms with E-state index in [-0.39, 0.29) is 6.42 Å². The van der Waals surface area contributed by atoms with Crippen LogP contribution in [-0.2, 0) is 18.3 Å². The minimum absolute atomic E-state index is 0.0887. The fraction of sp³-hybridized carbons (Fsp3) is 0.429. The van der Waals surface area contributed by atoms with Crippen LogP contribution >= 0.6 is 11.6 Å². The van der Waals surface area contributed by atoms with Crippen molar-refractivity contribution in [1.82, 2.24) is 9.78 Å². The average molecular weight is 189 g/mol. The lowest BCUT2D eigenvalue weighted by Crippen LogP contribution is -1.97. The quantitative estimate of drug-likeness (QED) is 0.773. The van der Waals surface area contributed by atoms with Crippen molar-refractivity contribution in [1.29, 1.82) is 0 Å². The summed E-state index contributed by atoms with van der Waals surface area (Å²) in [5.74, 6) is -0.824. The Labute approximate surface area is 74.8 Å². The van der Waals surface area contributed by atoms with E-state index in [1.807, 2.05) is 0 Å². The van der Waals surface area contributed by atoms with E-state index in [0.717, 1.165) is 5.56 Å². The third-order valence-electron chi connectivity index (χ3n) is 1.54. The van der Waals surface area contributed by atoms with Gasteiger partial charge in [-0.2, -0.15) is 5.10 Å². The van der Waals surface area contributed by atoms with Gasteiger partial charge in [-0.05, 0) is 6.42 Å². The molecule has 0 spiro atoms. The van der Waals surface area contributed by atoms with Crippen LogP contribution in [0.1, 0.15) is 12.0 Å². The van der Waals surface area contributed by atoms with Gasteiger partial charge >= 0.3 is 5.97 Å². The van der Waals surface area contributed by atoms with Gasteiger partial charge in [0.05, 0.1) is 6.20 Å². The Bertz CT molecular complexity index is 296. The molecule has 0 unspecified atom stereocenters. The van der Waals surface area contributed by atoms with Crippen molar-refractivity contribution >= 4 is 17.6 Å². The van der Waals surface area contributed by atoms with E-state index in [1.54, 1.807) is 13.2 Å². The van der Waals surface area contributed by atoms with Crippen LogP contribution in [0.4, 0.5) is 0 Å². The highest BCUT2D eigenvalue weighted by molar-refractivity contribution is 6.30. The lowest BCUT2D eigenvalue weighted by Gasteiger charge is -1.94. The summed E-state index contributed by atoms with van der Waals surface area (Å²) in [4.78, 5) is 10.2. The zero-order valence-electron chi connectivity index (χ0n) is 6.62. The van der Waals surface area contributed by atoms with Crippen molar-refractivity contribution < 1.29 is 9.90 Å². The molecular weight excluding hydrogens is 180 g/mol. The molecule has 0 saturated heterocycles. The molecule has 1 aromatic heterocycles. The van der Waals surface area contributed by atoms with E-state index in [0.29, 0.717) is 11.6 Å². The second-order valence-corrected chi connectivity index (χ2v) is 2.84. The van der Waals surface area contributed by atoms with Gasteiger partial charge in [0.25, 0.3) is 0 Å². The first kappa shape index (κ1) is 9.06. The van der Waals surface area contributed by atoms with E-state index in [1.165, 1.54) is 4.68 Å². The zero-order valence-corrected chi connectivity index (χ0v) is 7.38. The molecule has 12 heavy (non-hydrogen) atoms. The van der Waals surface area contributed by atoms with Crippen LogP contribution in [0, 0.1) is 0 Å². The summed E-state index contributed by atoms with van der Waals surface area (Å²) in [6.07, 6.45) is 2.11. The van der Waals surface area contributed by atoms with E-state index in [4.69, 9.17) is 16.7 Å². The fourth-order valence-electron chi connectivity index (χ4n) is 0.877. The third-order valence-corrected chi connectivity index (χ3v) is 2.03. The fourth-order valence-corrected chi connectivity index (χ4v) is 1.06. The van der Waals surface area contributed by atoms with Crippen LogP contribution in [0.25, 0.3) is 0 Å². The highest BCUT2D eigenvalue weighted by Crippen LogP contribution is 2.15. The molecule has 0 aliphatic rings. The molecule has 1 N–H and O–H groups in total. The lowest BCUT2D eigenvalue weighted by molar-refractivity contribution is -0.136. The summed E-state index contributed by atoms with van der Waals surface area (Å²) < 4.78 is 1.51. The Hall–Kier alpha value is -1.03. The second-order valence-electron chi connectivity index (χ2n) is 2.48. The molecule has 0 aliphatic heterocycles. The number of hydrogen-bond acceptors (Lipinski definition) is 2. The molecule has 4 nitrogen and oxygen atoms in total. The highest BCUT2D eigenvalue weighted by atomic mass is 35.5. The Morgan fingerprint density at radius 3 is 2.92 bits per heavy atom. The predicted octanol–water partition coefficient (Wildman–Crippen LogP) is 1.09. The summed E-state index contributed by atoms with van der Waals surface area (Å²) in [6, 6.07) is 0. The maximum atomic E-state index is 10.2. The summed E-state index contributed by atoms with van der Waals surface area (Å²) in [7, 11) is 1.71. The molecule has 5 heteroatoms. The summed E-state index contributed by atoms with van der Waals surface area (Å²) in [6.45, 7) is 0. The number of carbonyl (C=O) groups is 1. The smallest absolute Gasteiger partial charge is 0.303 e. The lowest BCUT2D eigenvalue weighted by atomic mass is 10.2. The number of aromatic nitrogens is 2. The predicted molar refractivity (Wildman–Crippen MR) is 44.2 cm³/mol.